The van der Waals surface area contributed by atoms with Crippen molar-refractivity contribution in [3.63, 3.8) is 0 Å². The highest BCUT2D eigenvalue weighted by Gasteiger charge is 2.22. The van der Waals surface area contributed by atoms with E-state index in [9.17, 15) is 33.6 Å². The van der Waals surface area contributed by atoms with E-state index in [1.807, 2.05) is 167 Å². The number of amides is 7. The quantitative estimate of drug-likeness (QED) is 0.0178. The zero-order chi connectivity index (χ0) is 105. The number of pyridine rings is 1. The zero-order valence-electron chi connectivity index (χ0n) is 82.8. The van der Waals surface area contributed by atoms with Crippen LogP contribution in [-0.2, 0) is 33.6 Å². The van der Waals surface area contributed by atoms with Gasteiger partial charge in [-0.2, -0.15) is 0 Å². The lowest BCUT2D eigenvalue weighted by molar-refractivity contribution is -0.132. The van der Waals surface area contributed by atoms with Crippen LogP contribution in [0.4, 0.5) is 16.8 Å². The molecule has 0 aliphatic carbocycles. The number of hydrogen-bond donors (Lipinski definition) is 10. The summed E-state index contributed by atoms with van der Waals surface area (Å²) in [6, 6.07) is 42.1. The molecule has 12 N–H and O–H groups in total. The number of rotatable bonds is 26. The van der Waals surface area contributed by atoms with Gasteiger partial charge in [-0.25, -0.2) is 92.9 Å². The predicted octanol–water partition coefficient (Wildman–Crippen LogP) is 13.1. The second kappa shape index (κ2) is 51.5. The molecule has 0 fully saturated rings. The number of anilines is 3. The molecule has 6 aromatic carbocycles. The average molecular weight is 1990 g/mol. The molecular weight excluding hydrogens is 1890 g/mol. The monoisotopic (exact) mass is 1990 g/mol. The van der Waals surface area contributed by atoms with Crippen LogP contribution >= 0.6 is 11.3 Å². The standard InChI is InChI=1S/C18H18N6O.C18H23N5O2.C17H17N7O.2C17H16N6O.C16H16N6OS/c1-13-9-14(2)11-15(10-13)18-20-12-24(23-18)8-6-17(25)22-21-16-5-3-4-7-19-16;1-12-8-13(2)10-14(9-12)16-19-11-23(22-16)7-6-15(24)20-21-17(25)18(3,4)5;1-12-7-13(2)9-14(8-12)17-20-11-24(23-17)6-3-16(25)22-21-15-10-18-4-5-19-15;2*1-11-3-12(2)5-13(4-11)17-21-10-23(22-17)8-15(16(18)24)14-6-19-9-20-7-14;1-11-7-12(2)9-13(8-11)15-18-10-22(21-15)5-3-14(23)19-20-16-17-4-6-24-16/h3-12H,1-2H3,(H,19,21)(H,22,25);6-11H,1-5H3,(H,20,24)(H,21,25);3-11H,1-2H3,(H,19,21)(H,22,25);2*3-10H,1-2H3,(H2,18,24);3-10H,1-2H3,(H,17,20)(H,19,23)/b8-6-;7-6-;6-3-;15-8+;15-8-;5-3-. The van der Waals surface area contributed by atoms with Gasteiger partial charge in [0.1, 0.15) is 56.4 Å². The highest BCUT2D eigenvalue weighted by Crippen LogP contribution is 2.27. The summed E-state index contributed by atoms with van der Waals surface area (Å²) in [4.78, 5) is 139. The third kappa shape index (κ3) is 34.1. The number of thiazole rings is 1. The fourth-order valence-corrected chi connectivity index (χ4v) is 14.2. The zero-order valence-corrected chi connectivity index (χ0v) is 83.7. The molecule has 17 aromatic rings. The number of carbonyl (C=O) groups excluding carboxylic acids is 7. The maximum Gasteiger partial charge on any atom is 0.263 e. The van der Waals surface area contributed by atoms with Gasteiger partial charge in [-0.15, -0.1) is 41.9 Å². The number of aromatic nitrogens is 26. The van der Waals surface area contributed by atoms with Crippen molar-refractivity contribution in [3.8, 4) is 68.3 Å². The Balaban J connectivity index is 0.000000157. The van der Waals surface area contributed by atoms with Crippen LogP contribution in [0, 0.1) is 88.5 Å². The summed E-state index contributed by atoms with van der Waals surface area (Å²) in [5, 5.41) is 28.6. The number of hydrogen-bond acceptors (Lipinski definition) is 31. The number of primary amides is 2. The molecular formula is C103H106N36O7S. The third-order valence-electron chi connectivity index (χ3n) is 19.8. The van der Waals surface area contributed by atoms with Crippen LogP contribution in [0.2, 0.25) is 0 Å². The van der Waals surface area contributed by atoms with Gasteiger partial charge in [0.2, 0.25) is 11.0 Å². The first kappa shape index (κ1) is 106. The number of nitrogens with two attached hydrogens (primary N) is 2. The highest BCUT2D eigenvalue weighted by molar-refractivity contribution is 7.13. The Labute approximate surface area is 848 Å². The minimum absolute atomic E-state index is 0.257. The normalized spacial score (nSPS) is 11.2. The first-order valence-electron chi connectivity index (χ1n) is 45.1. The van der Waals surface area contributed by atoms with Gasteiger partial charge in [0, 0.05) is 166 Å². The second-order valence-corrected chi connectivity index (χ2v) is 35.0. The molecule has 0 radical (unpaired) electrons. The summed E-state index contributed by atoms with van der Waals surface area (Å²) in [7, 11) is 0. The average Bonchev–Trinajstić information content (AvgIpc) is 1.72. The summed E-state index contributed by atoms with van der Waals surface area (Å²) in [5.41, 5.74) is 51.5. The predicted molar refractivity (Wildman–Crippen MR) is 561 cm³/mol. The Morgan fingerprint density at radius 3 is 0.878 bits per heavy atom. The lowest BCUT2D eigenvalue weighted by Gasteiger charge is -2.17. The van der Waals surface area contributed by atoms with E-state index < -0.39 is 23.1 Å². The lowest BCUT2D eigenvalue weighted by Crippen LogP contribution is -2.46. The van der Waals surface area contributed by atoms with Crippen molar-refractivity contribution in [3.05, 3.63) is 341 Å². The number of nitrogens with one attached hydrogen (secondary N) is 8. The number of carbonyl (C=O) groups is 7. The largest absolute Gasteiger partial charge is 0.366 e. The number of nitrogens with zero attached hydrogens (tertiary/aromatic N) is 26. The maximum absolute atomic E-state index is 11.8. The second-order valence-electron chi connectivity index (χ2n) is 34.1. The topological polar surface area (TPSA) is 555 Å². The summed E-state index contributed by atoms with van der Waals surface area (Å²) >= 11 is 1.39. The fourth-order valence-electron chi connectivity index (χ4n) is 13.7. The van der Waals surface area contributed by atoms with Crippen LogP contribution in [0.3, 0.4) is 0 Å². The van der Waals surface area contributed by atoms with E-state index >= 15 is 0 Å². The molecule has 43 nitrogen and oxygen atoms in total. The van der Waals surface area contributed by atoms with Crippen molar-refractivity contribution in [2.45, 2.75) is 104 Å². The Hall–Kier alpha value is -19.7. The molecule has 746 valence electrons. The molecule has 0 aliphatic rings. The number of benzene rings is 6. The van der Waals surface area contributed by atoms with Crippen LogP contribution in [0.15, 0.2) is 263 Å². The van der Waals surface area contributed by atoms with Gasteiger partial charge >= 0.3 is 0 Å². The molecule has 44 heteroatoms. The molecule has 0 atom stereocenters. The third-order valence-corrected chi connectivity index (χ3v) is 20.5. The molecule has 0 saturated carbocycles. The molecule has 11 aromatic heterocycles. The molecule has 17 rings (SSSR count). The molecule has 0 bridgehead atoms. The van der Waals surface area contributed by atoms with Gasteiger partial charge in [0.25, 0.3) is 35.4 Å². The van der Waals surface area contributed by atoms with E-state index in [0.29, 0.717) is 62.8 Å². The highest BCUT2D eigenvalue weighted by atomic mass is 32.1. The van der Waals surface area contributed by atoms with Gasteiger partial charge in [-0.3, -0.25) is 82.0 Å². The minimum Gasteiger partial charge on any atom is -0.366 e. The fraction of sp³-hybridized carbons (Fsp3) is 0.155. The summed E-state index contributed by atoms with van der Waals surface area (Å²) in [6.45, 7) is 29.6. The first-order chi connectivity index (χ1) is 70.5. The van der Waals surface area contributed by atoms with Gasteiger partial charge in [0.15, 0.2) is 40.8 Å². The molecule has 147 heavy (non-hydrogen) atoms. The summed E-state index contributed by atoms with van der Waals surface area (Å²) in [5.74, 6) is 1.68. The number of aryl methyl sites for hydroxylation is 12. The minimum atomic E-state index is -0.590. The van der Waals surface area contributed by atoms with Gasteiger partial charge < -0.3 is 11.5 Å². The van der Waals surface area contributed by atoms with Crippen LogP contribution in [0.5, 0.6) is 0 Å². The Bertz CT molecular complexity index is 7200. The Morgan fingerprint density at radius 2 is 0.599 bits per heavy atom. The molecule has 0 saturated heterocycles. The van der Waals surface area contributed by atoms with E-state index in [-0.39, 0.29) is 34.8 Å². The SMILES string of the molecule is Cc1cc(C)cc(-c2ncn(/C=C(/C(N)=O)c3cncnc3)n2)c1.Cc1cc(C)cc(-c2ncn(/C=C(\C(N)=O)c3cncnc3)n2)c1.Cc1cc(C)cc(-c2ncn(/C=C\C(=O)NNC(=O)C(C)(C)C)n2)c1.Cc1cc(C)cc(-c2ncn(/C=C\C(=O)NNc3ccccn3)n2)c1.Cc1cc(C)cc(-c2ncn(/C=C\C(=O)NNc3cnccn3)n2)c1.Cc1cc(C)cc(-c2ncn(/C=C\C(=O)NNc3nccs3)n2)c1. The van der Waals surface area contributed by atoms with Crippen molar-refractivity contribution < 1.29 is 33.6 Å². The Morgan fingerprint density at radius 1 is 0.306 bits per heavy atom. The van der Waals surface area contributed by atoms with Crippen molar-refractivity contribution >= 4 is 118 Å². The van der Waals surface area contributed by atoms with Crippen LogP contribution in [0.1, 0.15) is 98.7 Å². The lowest BCUT2D eigenvalue weighted by atomic mass is 9.96. The van der Waals surface area contributed by atoms with E-state index in [1.54, 1.807) is 70.5 Å². The van der Waals surface area contributed by atoms with Crippen molar-refractivity contribution in [2.24, 2.45) is 16.9 Å². The first-order valence-corrected chi connectivity index (χ1v) is 46.0. The molecule has 0 spiro atoms. The van der Waals surface area contributed by atoms with E-state index in [4.69, 9.17) is 11.5 Å². The molecule has 7 amide bonds. The van der Waals surface area contributed by atoms with Gasteiger partial charge in [-0.05, 0) is 168 Å². The van der Waals surface area contributed by atoms with E-state index in [0.717, 1.165) is 100 Å². The maximum atomic E-state index is 11.8. The van der Waals surface area contributed by atoms with Crippen LogP contribution in [-0.4, -0.2) is 170 Å². The van der Waals surface area contributed by atoms with E-state index in [2.05, 4.69) is 180 Å². The Kier molecular flexibility index (Phi) is 37.2. The smallest absolute Gasteiger partial charge is 0.263 e. The van der Waals surface area contributed by atoms with Crippen molar-refractivity contribution in [1.82, 2.24) is 156 Å². The van der Waals surface area contributed by atoms with E-state index in [1.165, 1.54) is 170 Å². The van der Waals surface area contributed by atoms with Gasteiger partial charge in [0.05, 0.1) is 17.3 Å². The number of hydrazine groups is 4. The van der Waals surface area contributed by atoms with Gasteiger partial charge in [-0.1, -0.05) is 130 Å². The summed E-state index contributed by atoms with van der Waals surface area (Å²) in [6.07, 6.45) is 40.4. The van der Waals surface area contributed by atoms with Crippen molar-refractivity contribution in [2.75, 3.05) is 16.3 Å². The van der Waals surface area contributed by atoms with Crippen LogP contribution < -0.4 is 54.9 Å². The van der Waals surface area contributed by atoms with Crippen LogP contribution in [0.25, 0.3) is 117 Å². The summed E-state index contributed by atoms with van der Waals surface area (Å²) < 4.78 is 8.83. The van der Waals surface area contributed by atoms with Crippen molar-refractivity contribution in [1.29, 1.82) is 0 Å². The molecule has 11 heterocycles. The molecule has 0 unspecified atom stereocenters. The molecule has 0 aliphatic heterocycles.